The molecule has 1 heterocycles. The molecule has 1 aliphatic rings. The molecule has 25 heavy (non-hydrogen) atoms. The Morgan fingerprint density at radius 2 is 2.04 bits per heavy atom. The van der Waals surface area contributed by atoms with Gasteiger partial charge in [-0.05, 0) is 55.3 Å². The van der Waals surface area contributed by atoms with Crippen LogP contribution in [0.4, 0.5) is 10.5 Å². The fraction of sp³-hybridized carbons (Fsp3) is 0.350. The molecule has 0 radical (unpaired) electrons. The van der Waals surface area contributed by atoms with E-state index in [2.05, 4.69) is 41.6 Å². The number of rotatable bonds is 3. The first-order valence-corrected chi connectivity index (χ1v) is 8.98. The number of carbonyl (C=O) groups excluding carboxylic acids is 1. The summed E-state index contributed by atoms with van der Waals surface area (Å²) < 4.78 is 0. The lowest BCUT2D eigenvalue weighted by molar-refractivity contribution is 0.252. The van der Waals surface area contributed by atoms with E-state index < -0.39 is 0 Å². The molecule has 0 aromatic heterocycles. The molecule has 2 aromatic carbocycles. The quantitative estimate of drug-likeness (QED) is 0.856. The third kappa shape index (κ3) is 3.80. The van der Waals surface area contributed by atoms with Crippen molar-refractivity contribution < 1.29 is 4.79 Å². The summed E-state index contributed by atoms with van der Waals surface area (Å²) in [5.41, 5.74) is 5.56. The Bertz CT molecular complexity index is 791. The van der Waals surface area contributed by atoms with E-state index in [1.165, 1.54) is 11.1 Å². The highest BCUT2D eigenvalue weighted by Crippen LogP contribution is 2.39. The summed E-state index contributed by atoms with van der Waals surface area (Å²) in [6.07, 6.45) is 0. The first kappa shape index (κ1) is 17.8. The van der Waals surface area contributed by atoms with Gasteiger partial charge in [0.15, 0.2) is 0 Å². The zero-order valence-electron chi connectivity index (χ0n) is 14.9. The van der Waals surface area contributed by atoms with Crippen molar-refractivity contribution in [3.05, 3.63) is 63.7 Å². The van der Waals surface area contributed by atoms with Gasteiger partial charge in [-0.1, -0.05) is 35.9 Å². The number of para-hydroxylation sites is 1. The van der Waals surface area contributed by atoms with Gasteiger partial charge in [-0.2, -0.15) is 0 Å². The summed E-state index contributed by atoms with van der Waals surface area (Å²) in [6.45, 7) is 6.30. The Morgan fingerprint density at radius 3 is 2.80 bits per heavy atom. The smallest absolute Gasteiger partial charge is 0.319 e. The molecule has 1 unspecified atom stereocenters. The van der Waals surface area contributed by atoms with Crippen LogP contribution in [0.3, 0.4) is 0 Å². The second-order valence-corrected chi connectivity index (χ2v) is 7.04. The van der Waals surface area contributed by atoms with E-state index in [-0.39, 0.29) is 11.9 Å². The van der Waals surface area contributed by atoms with E-state index in [0.717, 1.165) is 34.9 Å². The van der Waals surface area contributed by atoms with Gasteiger partial charge < -0.3 is 15.5 Å². The van der Waals surface area contributed by atoms with Crippen LogP contribution in [0, 0.1) is 6.92 Å². The lowest BCUT2D eigenvalue weighted by Gasteiger charge is -2.34. The molecule has 1 aliphatic heterocycles. The predicted octanol–water partition coefficient (Wildman–Crippen LogP) is 4.37. The molecule has 0 spiro atoms. The maximum atomic E-state index is 12.0. The van der Waals surface area contributed by atoms with Gasteiger partial charge in [-0.15, -0.1) is 0 Å². The fourth-order valence-corrected chi connectivity index (χ4v) is 3.87. The fourth-order valence-electron chi connectivity index (χ4n) is 3.53. The molecule has 0 bridgehead atoms. The van der Waals surface area contributed by atoms with Crippen LogP contribution in [0.2, 0.25) is 5.02 Å². The molecule has 5 heteroatoms. The molecule has 4 nitrogen and oxygen atoms in total. The third-order valence-corrected chi connectivity index (χ3v) is 4.93. The zero-order chi connectivity index (χ0) is 18.0. The summed E-state index contributed by atoms with van der Waals surface area (Å²) >= 11 is 6.52. The Labute approximate surface area is 154 Å². The third-order valence-electron chi connectivity index (χ3n) is 4.59. The predicted molar refractivity (Wildman–Crippen MR) is 104 cm³/mol. The molecule has 3 rings (SSSR count). The molecule has 0 saturated carbocycles. The van der Waals surface area contributed by atoms with Gasteiger partial charge in [0.1, 0.15) is 0 Å². The van der Waals surface area contributed by atoms with Crippen LogP contribution in [0.5, 0.6) is 0 Å². The van der Waals surface area contributed by atoms with Gasteiger partial charge >= 0.3 is 6.03 Å². The first-order valence-electron chi connectivity index (χ1n) is 8.60. The Balaban J connectivity index is 2.05. The van der Waals surface area contributed by atoms with Crippen molar-refractivity contribution in [1.82, 2.24) is 10.2 Å². The average Bonchev–Trinajstić information content (AvgIpc) is 2.56. The van der Waals surface area contributed by atoms with Gasteiger partial charge in [-0.3, -0.25) is 0 Å². The SMILES string of the molecule is CCNC(=O)Nc1ccccc1C1CN(C)Cc2c(Cl)cc(C)cc21. The summed E-state index contributed by atoms with van der Waals surface area (Å²) in [6, 6.07) is 12.1. The van der Waals surface area contributed by atoms with Crippen molar-refractivity contribution in [2.45, 2.75) is 26.3 Å². The highest BCUT2D eigenvalue weighted by molar-refractivity contribution is 6.31. The molecule has 2 amide bonds. The second-order valence-electron chi connectivity index (χ2n) is 6.64. The Morgan fingerprint density at radius 1 is 1.28 bits per heavy atom. The second kappa shape index (κ2) is 7.46. The highest BCUT2D eigenvalue weighted by Gasteiger charge is 2.28. The largest absolute Gasteiger partial charge is 0.338 e. The number of likely N-dealkylation sites (N-methyl/N-ethyl adjacent to an activating group) is 1. The van der Waals surface area contributed by atoms with E-state index in [1.54, 1.807) is 0 Å². The van der Waals surface area contributed by atoms with E-state index >= 15 is 0 Å². The minimum absolute atomic E-state index is 0.171. The molecule has 2 N–H and O–H groups in total. The van der Waals surface area contributed by atoms with Gasteiger partial charge in [-0.25, -0.2) is 4.79 Å². The molecule has 1 atom stereocenters. The molecular formula is C20H24ClN3O. The molecule has 0 fully saturated rings. The maximum absolute atomic E-state index is 12.0. The summed E-state index contributed by atoms with van der Waals surface area (Å²) in [4.78, 5) is 14.3. The van der Waals surface area contributed by atoms with Crippen LogP contribution < -0.4 is 10.6 Å². The minimum Gasteiger partial charge on any atom is -0.338 e. The zero-order valence-corrected chi connectivity index (χ0v) is 15.7. The lowest BCUT2D eigenvalue weighted by Crippen LogP contribution is -2.33. The topological polar surface area (TPSA) is 44.4 Å². The number of carbonyl (C=O) groups is 1. The summed E-state index contributed by atoms with van der Waals surface area (Å²) in [7, 11) is 2.10. The number of halogens is 1. The van der Waals surface area contributed by atoms with E-state index in [4.69, 9.17) is 11.6 Å². The summed E-state index contributed by atoms with van der Waals surface area (Å²) in [5, 5.41) is 6.59. The molecular weight excluding hydrogens is 334 g/mol. The van der Waals surface area contributed by atoms with Crippen molar-refractivity contribution in [2.24, 2.45) is 0 Å². The normalized spacial score (nSPS) is 17.0. The standard InChI is InChI=1S/C20H24ClN3O/c1-4-22-20(25)23-19-8-6-5-7-14(19)16-11-24(3)12-17-15(16)9-13(2)10-18(17)21/h5-10,16H,4,11-12H2,1-3H3,(H2,22,23,25). The Hall–Kier alpha value is -2.04. The van der Waals surface area contributed by atoms with Crippen molar-refractivity contribution in [3.63, 3.8) is 0 Å². The molecule has 0 saturated heterocycles. The minimum atomic E-state index is -0.179. The first-order chi connectivity index (χ1) is 12.0. The number of aryl methyl sites for hydroxylation is 1. The van der Waals surface area contributed by atoms with Crippen LogP contribution in [-0.4, -0.2) is 31.1 Å². The molecule has 132 valence electrons. The van der Waals surface area contributed by atoms with E-state index in [0.29, 0.717) is 6.54 Å². The lowest BCUT2D eigenvalue weighted by atomic mass is 9.83. The average molecular weight is 358 g/mol. The van der Waals surface area contributed by atoms with Gasteiger partial charge in [0.05, 0.1) is 0 Å². The van der Waals surface area contributed by atoms with Crippen molar-refractivity contribution in [1.29, 1.82) is 0 Å². The molecule has 2 aromatic rings. The number of benzene rings is 2. The number of urea groups is 1. The monoisotopic (exact) mass is 357 g/mol. The van der Waals surface area contributed by atoms with Crippen LogP contribution in [0.15, 0.2) is 36.4 Å². The van der Waals surface area contributed by atoms with Crippen molar-refractivity contribution in [2.75, 3.05) is 25.5 Å². The van der Waals surface area contributed by atoms with Crippen LogP contribution in [0.25, 0.3) is 0 Å². The molecule has 0 aliphatic carbocycles. The maximum Gasteiger partial charge on any atom is 0.319 e. The number of amides is 2. The van der Waals surface area contributed by atoms with Crippen LogP contribution >= 0.6 is 11.6 Å². The Kier molecular flexibility index (Phi) is 5.30. The highest BCUT2D eigenvalue weighted by atomic mass is 35.5. The summed E-state index contributed by atoms with van der Waals surface area (Å²) in [5.74, 6) is 0.171. The van der Waals surface area contributed by atoms with Crippen molar-refractivity contribution >= 4 is 23.3 Å². The van der Waals surface area contributed by atoms with E-state index in [1.807, 2.05) is 31.2 Å². The van der Waals surface area contributed by atoms with Gasteiger partial charge in [0.2, 0.25) is 0 Å². The number of anilines is 1. The number of fused-ring (bicyclic) bond motifs is 1. The van der Waals surface area contributed by atoms with Crippen molar-refractivity contribution in [3.8, 4) is 0 Å². The van der Waals surface area contributed by atoms with E-state index in [9.17, 15) is 4.79 Å². The van der Waals surface area contributed by atoms with Gasteiger partial charge in [0, 0.05) is 36.3 Å². The van der Waals surface area contributed by atoms with Crippen LogP contribution in [0.1, 0.15) is 35.1 Å². The number of nitrogens with zero attached hydrogens (tertiary/aromatic N) is 1. The van der Waals surface area contributed by atoms with Gasteiger partial charge in [0.25, 0.3) is 0 Å². The number of hydrogen-bond acceptors (Lipinski definition) is 2. The van der Waals surface area contributed by atoms with Crippen LogP contribution in [-0.2, 0) is 6.54 Å². The number of hydrogen-bond donors (Lipinski definition) is 2. The number of nitrogens with one attached hydrogen (secondary N) is 2.